The Balaban J connectivity index is 1.84. The van der Waals surface area contributed by atoms with Gasteiger partial charge in [-0.1, -0.05) is 18.2 Å². The van der Waals surface area contributed by atoms with Crippen molar-refractivity contribution in [3.05, 3.63) is 48.0 Å². The standard InChI is InChI=1S/C21H22F3NO4/c1-20(2,12-26)19(27)25-17-9-10-28-18-8-5-14(11-16(17)18)13-3-6-15(7-4-13)29-21(22,23)24/h3-8,11,17,26H,9-10,12H2,1-2H3,(H,25,27). The molecule has 0 bridgehead atoms. The van der Waals surface area contributed by atoms with Crippen LogP contribution in [0.5, 0.6) is 11.5 Å². The molecule has 1 aliphatic heterocycles. The molecular formula is C21H22F3NO4. The first-order valence-corrected chi connectivity index (χ1v) is 9.14. The molecule has 156 valence electrons. The van der Waals surface area contributed by atoms with Gasteiger partial charge in [0.2, 0.25) is 5.91 Å². The van der Waals surface area contributed by atoms with Crippen LogP contribution in [-0.4, -0.2) is 30.6 Å². The maximum absolute atomic E-state index is 12.5. The van der Waals surface area contributed by atoms with Gasteiger partial charge in [0.05, 0.1) is 24.7 Å². The number of aliphatic hydroxyl groups is 1. The predicted molar refractivity (Wildman–Crippen MR) is 100 cm³/mol. The molecule has 2 aromatic rings. The van der Waals surface area contributed by atoms with E-state index < -0.39 is 11.8 Å². The van der Waals surface area contributed by atoms with Crippen LogP contribution in [0.2, 0.25) is 0 Å². The van der Waals surface area contributed by atoms with Crippen molar-refractivity contribution >= 4 is 5.91 Å². The Labute approximate surface area is 166 Å². The maximum atomic E-state index is 12.5. The van der Waals surface area contributed by atoms with Gasteiger partial charge in [0.15, 0.2) is 0 Å². The number of carbonyl (C=O) groups is 1. The van der Waals surface area contributed by atoms with E-state index in [1.165, 1.54) is 24.3 Å². The summed E-state index contributed by atoms with van der Waals surface area (Å²) in [5.74, 6) is 0.0833. The second-order valence-electron chi connectivity index (χ2n) is 7.53. The van der Waals surface area contributed by atoms with E-state index in [9.17, 15) is 23.1 Å². The van der Waals surface area contributed by atoms with E-state index >= 15 is 0 Å². The SMILES string of the molecule is CC(C)(CO)C(=O)NC1CCOc2ccc(-c3ccc(OC(F)(F)F)cc3)cc21. The fourth-order valence-electron chi connectivity index (χ4n) is 3.00. The third-order valence-corrected chi connectivity index (χ3v) is 4.79. The number of nitrogens with one attached hydrogen (secondary N) is 1. The summed E-state index contributed by atoms with van der Waals surface area (Å²) in [7, 11) is 0. The van der Waals surface area contributed by atoms with Gasteiger partial charge < -0.3 is 19.9 Å². The second-order valence-corrected chi connectivity index (χ2v) is 7.53. The molecule has 3 rings (SSSR count). The molecule has 1 amide bonds. The highest BCUT2D eigenvalue weighted by molar-refractivity contribution is 5.82. The predicted octanol–water partition coefficient (Wildman–Crippen LogP) is 4.21. The van der Waals surface area contributed by atoms with Crippen molar-refractivity contribution in [1.29, 1.82) is 0 Å². The molecule has 2 N–H and O–H groups in total. The van der Waals surface area contributed by atoms with Gasteiger partial charge in [-0.2, -0.15) is 0 Å². The van der Waals surface area contributed by atoms with Gasteiger partial charge in [0, 0.05) is 12.0 Å². The number of halogens is 3. The van der Waals surface area contributed by atoms with Gasteiger partial charge in [0.1, 0.15) is 11.5 Å². The third-order valence-electron chi connectivity index (χ3n) is 4.79. The molecule has 0 radical (unpaired) electrons. The zero-order valence-corrected chi connectivity index (χ0v) is 16.0. The van der Waals surface area contributed by atoms with Crippen LogP contribution in [-0.2, 0) is 4.79 Å². The Morgan fingerprint density at radius 3 is 2.45 bits per heavy atom. The molecule has 0 saturated heterocycles. The van der Waals surface area contributed by atoms with Gasteiger partial charge in [-0.3, -0.25) is 4.79 Å². The summed E-state index contributed by atoms with van der Waals surface area (Å²) in [5, 5.41) is 12.4. The van der Waals surface area contributed by atoms with E-state index in [1.807, 2.05) is 6.07 Å². The molecule has 5 nitrogen and oxygen atoms in total. The van der Waals surface area contributed by atoms with Crippen molar-refractivity contribution in [1.82, 2.24) is 5.32 Å². The lowest BCUT2D eigenvalue weighted by molar-refractivity contribution is -0.274. The molecule has 0 aliphatic carbocycles. The largest absolute Gasteiger partial charge is 0.573 e. The summed E-state index contributed by atoms with van der Waals surface area (Å²) < 4.78 is 46.5. The molecule has 1 aliphatic rings. The molecule has 1 unspecified atom stereocenters. The van der Waals surface area contributed by atoms with Crippen LogP contribution in [0.25, 0.3) is 11.1 Å². The maximum Gasteiger partial charge on any atom is 0.573 e. The van der Waals surface area contributed by atoms with Gasteiger partial charge >= 0.3 is 6.36 Å². The van der Waals surface area contributed by atoms with E-state index in [4.69, 9.17) is 4.74 Å². The molecule has 2 aromatic carbocycles. The first kappa shape index (κ1) is 21.0. The molecule has 0 fully saturated rings. The number of carbonyl (C=O) groups excluding carboxylic acids is 1. The van der Waals surface area contributed by atoms with Crippen molar-refractivity contribution in [3.63, 3.8) is 0 Å². The molecular weight excluding hydrogens is 387 g/mol. The van der Waals surface area contributed by atoms with Crippen LogP contribution < -0.4 is 14.8 Å². The fraction of sp³-hybridized carbons (Fsp3) is 0.381. The van der Waals surface area contributed by atoms with Gasteiger partial charge in [-0.05, 0) is 49.2 Å². The average Bonchev–Trinajstić information content (AvgIpc) is 2.67. The highest BCUT2D eigenvalue weighted by Crippen LogP contribution is 2.36. The van der Waals surface area contributed by atoms with E-state index in [1.54, 1.807) is 26.0 Å². The van der Waals surface area contributed by atoms with E-state index in [0.29, 0.717) is 24.3 Å². The Morgan fingerprint density at radius 1 is 1.17 bits per heavy atom. The number of alkyl halides is 3. The van der Waals surface area contributed by atoms with Gasteiger partial charge in [-0.25, -0.2) is 0 Å². The summed E-state index contributed by atoms with van der Waals surface area (Å²) in [6, 6.07) is 10.7. The monoisotopic (exact) mass is 409 g/mol. The first-order chi connectivity index (χ1) is 13.6. The van der Waals surface area contributed by atoms with Crippen LogP contribution >= 0.6 is 0 Å². The van der Waals surface area contributed by atoms with Crippen molar-refractivity contribution in [3.8, 4) is 22.6 Å². The minimum Gasteiger partial charge on any atom is -0.493 e. The Bertz CT molecular complexity index is 878. The summed E-state index contributed by atoms with van der Waals surface area (Å²) in [4.78, 5) is 12.5. The van der Waals surface area contributed by atoms with Crippen molar-refractivity contribution in [2.24, 2.45) is 5.41 Å². The molecule has 0 aromatic heterocycles. The van der Waals surface area contributed by atoms with Crippen LogP contribution in [0.15, 0.2) is 42.5 Å². The summed E-state index contributed by atoms with van der Waals surface area (Å²) >= 11 is 0. The number of aliphatic hydroxyl groups excluding tert-OH is 1. The number of hydrogen-bond acceptors (Lipinski definition) is 4. The second kappa shape index (κ2) is 7.94. The van der Waals surface area contributed by atoms with E-state index in [2.05, 4.69) is 10.1 Å². The van der Waals surface area contributed by atoms with Crippen LogP contribution in [0.1, 0.15) is 31.9 Å². The van der Waals surface area contributed by atoms with Crippen LogP contribution in [0.4, 0.5) is 13.2 Å². The lowest BCUT2D eigenvalue weighted by Gasteiger charge is -2.30. The highest BCUT2D eigenvalue weighted by atomic mass is 19.4. The number of amides is 1. The lowest BCUT2D eigenvalue weighted by atomic mass is 9.91. The minimum absolute atomic E-state index is 0.267. The normalized spacial score (nSPS) is 16.6. The molecule has 29 heavy (non-hydrogen) atoms. The summed E-state index contributed by atoms with van der Waals surface area (Å²) in [6.07, 6.45) is -4.17. The smallest absolute Gasteiger partial charge is 0.493 e. The van der Waals surface area contributed by atoms with Gasteiger partial charge in [-0.15, -0.1) is 13.2 Å². The van der Waals surface area contributed by atoms with Crippen molar-refractivity contribution < 1.29 is 32.5 Å². The quantitative estimate of drug-likeness (QED) is 0.776. The Hall–Kier alpha value is -2.74. The van der Waals surface area contributed by atoms with Gasteiger partial charge in [0.25, 0.3) is 0 Å². The van der Waals surface area contributed by atoms with Crippen molar-refractivity contribution in [2.45, 2.75) is 32.7 Å². The van der Waals surface area contributed by atoms with E-state index in [-0.39, 0.29) is 24.3 Å². The number of rotatable bonds is 5. The zero-order chi connectivity index (χ0) is 21.2. The minimum atomic E-state index is -4.74. The summed E-state index contributed by atoms with van der Waals surface area (Å²) in [5.41, 5.74) is 1.35. The third kappa shape index (κ3) is 5.00. The molecule has 1 atom stereocenters. The Morgan fingerprint density at radius 2 is 1.83 bits per heavy atom. The number of fused-ring (bicyclic) bond motifs is 1. The zero-order valence-electron chi connectivity index (χ0n) is 16.0. The lowest BCUT2D eigenvalue weighted by Crippen LogP contribution is -2.42. The Kier molecular flexibility index (Phi) is 5.75. The number of hydrogen-bond donors (Lipinski definition) is 2. The molecule has 1 heterocycles. The molecule has 0 spiro atoms. The van der Waals surface area contributed by atoms with Crippen LogP contribution in [0, 0.1) is 5.41 Å². The number of ether oxygens (including phenoxy) is 2. The van der Waals surface area contributed by atoms with Crippen LogP contribution in [0.3, 0.4) is 0 Å². The number of benzene rings is 2. The summed E-state index contributed by atoms with van der Waals surface area (Å²) in [6.45, 7) is 3.48. The fourth-order valence-corrected chi connectivity index (χ4v) is 3.00. The molecule has 8 heteroatoms. The topological polar surface area (TPSA) is 67.8 Å². The molecule has 0 saturated carbocycles. The highest BCUT2D eigenvalue weighted by Gasteiger charge is 2.32. The van der Waals surface area contributed by atoms with Crippen molar-refractivity contribution in [2.75, 3.05) is 13.2 Å². The van der Waals surface area contributed by atoms with E-state index in [0.717, 1.165) is 11.1 Å². The first-order valence-electron chi connectivity index (χ1n) is 9.14. The average molecular weight is 409 g/mol.